The Hall–Kier alpha value is -0.860. The van der Waals surface area contributed by atoms with Gasteiger partial charge in [-0.1, -0.05) is 24.3 Å². The van der Waals surface area contributed by atoms with Crippen molar-refractivity contribution in [2.24, 2.45) is 11.7 Å². The lowest BCUT2D eigenvalue weighted by Gasteiger charge is -2.22. The molecule has 0 spiro atoms. The normalized spacial score (nSPS) is 17.6. The summed E-state index contributed by atoms with van der Waals surface area (Å²) in [6.45, 7) is 3.12. The van der Waals surface area contributed by atoms with Gasteiger partial charge in [0.1, 0.15) is 0 Å². The summed E-state index contributed by atoms with van der Waals surface area (Å²) in [4.78, 5) is 0. The fourth-order valence-corrected chi connectivity index (χ4v) is 2.43. The van der Waals surface area contributed by atoms with Gasteiger partial charge in [0.05, 0.1) is 0 Å². The predicted molar refractivity (Wildman–Crippen MR) is 68.5 cm³/mol. The number of nitrogens with two attached hydrogens (primary N) is 1. The molecule has 1 fully saturated rings. The number of hydrogen-bond acceptors (Lipinski definition) is 2. The molecule has 0 amide bonds. The van der Waals surface area contributed by atoms with Crippen LogP contribution in [0.3, 0.4) is 0 Å². The highest BCUT2D eigenvalue weighted by Gasteiger charge is 2.13. The third-order valence-electron chi connectivity index (χ3n) is 3.44. The SMILES string of the molecule is NCCc1ccc(CC2CCNCC2)cc1. The van der Waals surface area contributed by atoms with Crippen LogP contribution in [0.1, 0.15) is 24.0 Å². The van der Waals surface area contributed by atoms with E-state index in [-0.39, 0.29) is 0 Å². The lowest BCUT2D eigenvalue weighted by Crippen LogP contribution is -2.28. The van der Waals surface area contributed by atoms with Gasteiger partial charge in [0, 0.05) is 0 Å². The van der Waals surface area contributed by atoms with Gasteiger partial charge in [-0.05, 0) is 62.4 Å². The van der Waals surface area contributed by atoms with Crippen LogP contribution in [0.2, 0.25) is 0 Å². The minimum absolute atomic E-state index is 0.744. The summed E-state index contributed by atoms with van der Waals surface area (Å²) in [5, 5.41) is 3.41. The maximum Gasteiger partial charge on any atom is -0.00367 e. The highest BCUT2D eigenvalue weighted by atomic mass is 14.9. The summed E-state index contributed by atoms with van der Waals surface area (Å²) >= 11 is 0. The largest absolute Gasteiger partial charge is 0.330 e. The zero-order valence-electron chi connectivity index (χ0n) is 9.91. The van der Waals surface area contributed by atoms with Gasteiger partial charge in [-0.3, -0.25) is 0 Å². The fourth-order valence-electron chi connectivity index (χ4n) is 2.43. The Bertz CT molecular complexity index is 299. The average Bonchev–Trinajstić information content (AvgIpc) is 2.33. The molecule has 88 valence electrons. The van der Waals surface area contributed by atoms with E-state index in [0.717, 1.165) is 18.9 Å². The van der Waals surface area contributed by atoms with E-state index in [0.29, 0.717) is 0 Å². The summed E-state index contributed by atoms with van der Waals surface area (Å²) in [5.74, 6) is 0.876. The van der Waals surface area contributed by atoms with Crippen LogP contribution in [0.25, 0.3) is 0 Å². The number of nitrogens with one attached hydrogen (secondary N) is 1. The molecule has 3 N–H and O–H groups in total. The van der Waals surface area contributed by atoms with Crippen LogP contribution in [0.4, 0.5) is 0 Å². The monoisotopic (exact) mass is 218 g/mol. The molecule has 0 aromatic heterocycles. The first-order valence-corrected chi connectivity index (χ1v) is 6.37. The molecule has 1 aliphatic heterocycles. The average molecular weight is 218 g/mol. The molecule has 1 aliphatic rings. The van der Waals surface area contributed by atoms with Gasteiger partial charge in [0.2, 0.25) is 0 Å². The van der Waals surface area contributed by atoms with E-state index in [4.69, 9.17) is 5.73 Å². The van der Waals surface area contributed by atoms with Gasteiger partial charge in [0.15, 0.2) is 0 Å². The fraction of sp³-hybridized carbons (Fsp3) is 0.571. The highest BCUT2D eigenvalue weighted by molar-refractivity contribution is 5.23. The van der Waals surface area contributed by atoms with Crippen LogP contribution in [-0.2, 0) is 12.8 Å². The molecular weight excluding hydrogens is 196 g/mol. The lowest BCUT2D eigenvalue weighted by molar-refractivity contribution is 0.372. The molecule has 1 aromatic carbocycles. The predicted octanol–water partition coefficient (Wildman–Crippen LogP) is 1.73. The summed E-state index contributed by atoms with van der Waals surface area (Å²) in [5.41, 5.74) is 8.38. The molecule has 1 saturated heterocycles. The van der Waals surface area contributed by atoms with Gasteiger partial charge in [-0.2, -0.15) is 0 Å². The van der Waals surface area contributed by atoms with Gasteiger partial charge in [0.25, 0.3) is 0 Å². The lowest BCUT2D eigenvalue weighted by atomic mass is 9.90. The molecule has 0 bridgehead atoms. The molecule has 0 unspecified atom stereocenters. The van der Waals surface area contributed by atoms with Crippen molar-refractivity contribution in [3.63, 3.8) is 0 Å². The van der Waals surface area contributed by atoms with Crippen LogP contribution in [0.5, 0.6) is 0 Å². The van der Waals surface area contributed by atoms with Crippen molar-refractivity contribution in [1.29, 1.82) is 0 Å². The van der Waals surface area contributed by atoms with E-state index in [1.165, 1.54) is 43.5 Å². The topological polar surface area (TPSA) is 38.0 Å². The third kappa shape index (κ3) is 3.32. The second-order valence-corrected chi connectivity index (χ2v) is 4.75. The maximum absolute atomic E-state index is 5.54. The van der Waals surface area contributed by atoms with Crippen LogP contribution in [0.15, 0.2) is 24.3 Å². The standard InChI is InChI=1S/C14H22N2/c15-8-5-12-1-3-13(4-2-12)11-14-6-9-16-10-7-14/h1-4,14,16H,5-11,15H2. The Morgan fingerprint density at radius 2 is 1.69 bits per heavy atom. The van der Waals surface area contributed by atoms with Crippen LogP contribution >= 0.6 is 0 Å². The van der Waals surface area contributed by atoms with E-state index in [9.17, 15) is 0 Å². The molecule has 2 nitrogen and oxygen atoms in total. The van der Waals surface area contributed by atoms with Crippen molar-refractivity contribution >= 4 is 0 Å². The molecule has 0 radical (unpaired) electrons. The zero-order chi connectivity index (χ0) is 11.2. The number of rotatable bonds is 4. The summed E-state index contributed by atoms with van der Waals surface area (Å²) in [7, 11) is 0. The molecule has 1 heterocycles. The van der Waals surface area contributed by atoms with Crippen molar-refractivity contribution in [2.75, 3.05) is 19.6 Å². The van der Waals surface area contributed by atoms with E-state index in [1.54, 1.807) is 0 Å². The van der Waals surface area contributed by atoms with Crippen molar-refractivity contribution < 1.29 is 0 Å². The van der Waals surface area contributed by atoms with Crippen LogP contribution in [-0.4, -0.2) is 19.6 Å². The Labute approximate surface area is 98.2 Å². The molecular formula is C14H22N2. The Morgan fingerprint density at radius 3 is 2.31 bits per heavy atom. The Balaban J connectivity index is 1.88. The second-order valence-electron chi connectivity index (χ2n) is 4.75. The van der Waals surface area contributed by atoms with E-state index < -0.39 is 0 Å². The van der Waals surface area contributed by atoms with Crippen LogP contribution in [0, 0.1) is 5.92 Å². The number of piperidine rings is 1. The van der Waals surface area contributed by atoms with Crippen molar-refractivity contribution in [3.8, 4) is 0 Å². The molecule has 16 heavy (non-hydrogen) atoms. The number of hydrogen-bond donors (Lipinski definition) is 2. The molecule has 0 atom stereocenters. The third-order valence-corrected chi connectivity index (χ3v) is 3.44. The first-order chi connectivity index (χ1) is 7.88. The number of benzene rings is 1. The quantitative estimate of drug-likeness (QED) is 0.807. The minimum atomic E-state index is 0.744. The van der Waals surface area contributed by atoms with Crippen LogP contribution < -0.4 is 11.1 Å². The molecule has 0 saturated carbocycles. The van der Waals surface area contributed by atoms with Gasteiger partial charge >= 0.3 is 0 Å². The van der Waals surface area contributed by atoms with E-state index in [1.807, 2.05) is 0 Å². The Morgan fingerprint density at radius 1 is 1.06 bits per heavy atom. The maximum atomic E-state index is 5.54. The van der Waals surface area contributed by atoms with Crippen molar-refractivity contribution in [2.45, 2.75) is 25.7 Å². The molecule has 1 aromatic rings. The van der Waals surface area contributed by atoms with E-state index >= 15 is 0 Å². The first-order valence-electron chi connectivity index (χ1n) is 6.37. The zero-order valence-corrected chi connectivity index (χ0v) is 9.91. The van der Waals surface area contributed by atoms with Gasteiger partial charge < -0.3 is 11.1 Å². The second kappa shape index (κ2) is 6.02. The summed E-state index contributed by atoms with van der Waals surface area (Å²) in [6, 6.07) is 8.99. The van der Waals surface area contributed by atoms with Crippen molar-refractivity contribution in [1.82, 2.24) is 5.32 Å². The smallest absolute Gasteiger partial charge is 0.00367 e. The van der Waals surface area contributed by atoms with Gasteiger partial charge in [-0.15, -0.1) is 0 Å². The first kappa shape index (κ1) is 11.6. The van der Waals surface area contributed by atoms with E-state index in [2.05, 4.69) is 29.6 Å². The Kier molecular flexibility index (Phi) is 4.37. The molecule has 2 heteroatoms. The van der Waals surface area contributed by atoms with Gasteiger partial charge in [-0.25, -0.2) is 0 Å². The summed E-state index contributed by atoms with van der Waals surface area (Å²) < 4.78 is 0. The highest BCUT2D eigenvalue weighted by Crippen LogP contribution is 2.18. The molecule has 2 rings (SSSR count). The minimum Gasteiger partial charge on any atom is -0.330 e. The molecule has 0 aliphatic carbocycles. The van der Waals surface area contributed by atoms with Crippen molar-refractivity contribution in [3.05, 3.63) is 35.4 Å². The summed E-state index contributed by atoms with van der Waals surface area (Å²) in [6.07, 6.45) is 4.88.